The lowest BCUT2D eigenvalue weighted by atomic mass is 10.0. The zero-order chi connectivity index (χ0) is 19.4. The van der Waals surface area contributed by atoms with E-state index in [0.717, 1.165) is 10.2 Å². The number of carbonyl (C=O) groups is 2. The smallest absolute Gasteiger partial charge is 0.329 e. The van der Waals surface area contributed by atoms with Gasteiger partial charge in [-0.1, -0.05) is 38.1 Å². The van der Waals surface area contributed by atoms with Crippen LogP contribution in [0, 0.1) is 11.7 Å². The van der Waals surface area contributed by atoms with E-state index in [1.54, 1.807) is 19.9 Å². The van der Waals surface area contributed by atoms with Crippen molar-refractivity contribution in [3.63, 3.8) is 0 Å². The van der Waals surface area contributed by atoms with Crippen molar-refractivity contribution >= 4 is 33.4 Å². The first-order chi connectivity index (χ1) is 13.0. The van der Waals surface area contributed by atoms with Crippen molar-refractivity contribution in [1.82, 2.24) is 10.3 Å². The van der Waals surface area contributed by atoms with Crippen LogP contribution in [0.3, 0.4) is 0 Å². The fourth-order valence-electron chi connectivity index (χ4n) is 2.57. The molecule has 0 saturated heterocycles. The molecule has 0 radical (unpaired) electrons. The molecule has 1 amide bonds. The highest BCUT2D eigenvalue weighted by Crippen LogP contribution is 2.22. The van der Waals surface area contributed by atoms with Crippen LogP contribution in [0.2, 0.25) is 0 Å². The van der Waals surface area contributed by atoms with Crippen LogP contribution >= 0.6 is 11.3 Å². The summed E-state index contributed by atoms with van der Waals surface area (Å²) in [5, 5.41) is 3.24. The van der Waals surface area contributed by atoms with Crippen molar-refractivity contribution in [2.75, 3.05) is 0 Å². The molecule has 3 aromatic rings. The highest BCUT2D eigenvalue weighted by molar-refractivity contribution is 7.18. The van der Waals surface area contributed by atoms with Gasteiger partial charge < -0.3 is 10.1 Å². The Hall–Kier alpha value is -2.80. The van der Waals surface area contributed by atoms with Crippen LogP contribution in [0.4, 0.5) is 4.39 Å². The fraction of sp³-hybridized carbons (Fsp3) is 0.250. The van der Waals surface area contributed by atoms with Crippen LogP contribution in [0.25, 0.3) is 10.2 Å². The first-order valence-electron chi connectivity index (χ1n) is 8.52. The SMILES string of the molecule is CC(C)[C@H](NC(=O)c1ccccc1F)C(=O)OCc1nc2ccccc2s1. The van der Waals surface area contributed by atoms with Gasteiger partial charge in [-0.15, -0.1) is 11.3 Å². The Morgan fingerprint density at radius 2 is 1.85 bits per heavy atom. The number of thiazole rings is 1. The molecule has 27 heavy (non-hydrogen) atoms. The predicted octanol–water partition coefficient (Wildman–Crippen LogP) is 3.93. The van der Waals surface area contributed by atoms with Gasteiger partial charge >= 0.3 is 5.97 Å². The lowest BCUT2D eigenvalue weighted by Crippen LogP contribution is -2.45. The monoisotopic (exact) mass is 386 g/mol. The zero-order valence-corrected chi connectivity index (χ0v) is 15.8. The number of halogens is 1. The van der Waals surface area contributed by atoms with Gasteiger partial charge in [0.25, 0.3) is 5.91 Å². The molecular formula is C20H19FN2O3S. The molecule has 0 fully saturated rings. The summed E-state index contributed by atoms with van der Waals surface area (Å²) in [6, 6.07) is 12.4. The van der Waals surface area contributed by atoms with Crippen LogP contribution in [-0.2, 0) is 16.1 Å². The normalized spacial score (nSPS) is 12.1. The second-order valence-electron chi connectivity index (χ2n) is 6.36. The third-order valence-corrected chi connectivity index (χ3v) is 5.01. The molecule has 1 N–H and O–H groups in total. The zero-order valence-electron chi connectivity index (χ0n) is 14.9. The third kappa shape index (κ3) is 4.49. The molecule has 0 aliphatic heterocycles. The van der Waals surface area contributed by atoms with E-state index in [4.69, 9.17) is 4.74 Å². The topological polar surface area (TPSA) is 68.3 Å². The first-order valence-corrected chi connectivity index (χ1v) is 9.34. The van der Waals surface area contributed by atoms with Crippen molar-refractivity contribution < 1.29 is 18.7 Å². The third-order valence-electron chi connectivity index (χ3n) is 4.00. The molecule has 0 bridgehead atoms. The predicted molar refractivity (Wildman–Crippen MR) is 102 cm³/mol. The van der Waals surface area contributed by atoms with Gasteiger partial charge in [-0.3, -0.25) is 4.79 Å². The standard InChI is InChI=1S/C20H19FN2O3S/c1-12(2)18(23-19(24)13-7-3-4-8-14(13)21)20(25)26-11-17-22-15-9-5-6-10-16(15)27-17/h3-10,12,18H,11H2,1-2H3,(H,23,24)/t18-/m0/s1. The number of amides is 1. The summed E-state index contributed by atoms with van der Waals surface area (Å²) in [5.41, 5.74) is 0.740. The number of fused-ring (bicyclic) bond motifs is 1. The summed E-state index contributed by atoms with van der Waals surface area (Å²) in [5.74, 6) is -2.08. The number of hydrogen-bond donors (Lipinski definition) is 1. The van der Waals surface area contributed by atoms with Gasteiger partial charge in [-0.05, 0) is 30.2 Å². The molecule has 0 aliphatic carbocycles. The minimum Gasteiger partial charge on any atom is -0.457 e. The van der Waals surface area contributed by atoms with Crippen molar-refractivity contribution in [3.8, 4) is 0 Å². The number of rotatable bonds is 6. The molecule has 1 atom stereocenters. The van der Waals surface area contributed by atoms with Crippen molar-refractivity contribution in [2.45, 2.75) is 26.5 Å². The molecule has 7 heteroatoms. The largest absolute Gasteiger partial charge is 0.457 e. The first kappa shape index (κ1) is 19.0. The number of ether oxygens (including phenoxy) is 1. The highest BCUT2D eigenvalue weighted by Gasteiger charge is 2.27. The van der Waals surface area contributed by atoms with Crippen molar-refractivity contribution in [3.05, 3.63) is 64.9 Å². The number of nitrogens with zero attached hydrogens (tertiary/aromatic N) is 1. The maximum atomic E-state index is 13.8. The lowest BCUT2D eigenvalue weighted by Gasteiger charge is -2.20. The van der Waals surface area contributed by atoms with E-state index in [0.29, 0.717) is 5.01 Å². The molecule has 0 unspecified atom stereocenters. The quantitative estimate of drug-likeness (QED) is 0.652. The molecule has 5 nitrogen and oxygen atoms in total. The van der Waals surface area contributed by atoms with Crippen molar-refractivity contribution in [1.29, 1.82) is 0 Å². The maximum absolute atomic E-state index is 13.8. The molecule has 1 heterocycles. The van der Waals surface area contributed by atoms with E-state index in [9.17, 15) is 14.0 Å². The average molecular weight is 386 g/mol. The van der Waals surface area contributed by atoms with E-state index in [-0.39, 0.29) is 18.1 Å². The average Bonchev–Trinajstić information content (AvgIpc) is 3.07. The molecule has 1 aromatic heterocycles. The van der Waals surface area contributed by atoms with Gasteiger partial charge in [0, 0.05) is 0 Å². The van der Waals surface area contributed by atoms with Gasteiger partial charge in [-0.2, -0.15) is 0 Å². The lowest BCUT2D eigenvalue weighted by molar-refractivity contribution is -0.148. The van der Waals surface area contributed by atoms with Crippen molar-refractivity contribution in [2.24, 2.45) is 5.92 Å². The Labute approximate surface area is 160 Å². The van der Waals surface area contributed by atoms with Crippen LogP contribution in [0.1, 0.15) is 29.2 Å². The number of carbonyl (C=O) groups excluding carboxylic acids is 2. The Morgan fingerprint density at radius 3 is 2.56 bits per heavy atom. The number of hydrogen-bond acceptors (Lipinski definition) is 5. The Balaban J connectivity index is 1.66. The van der Waals surface area contributed by atoms with Crippen LogP contribution in [0.15, 0.2) is 48.5 Å². The molecule has 0 spiro atoms. The summed E-state index contributed by atoms with van der Waals surface area (Å²) in [7, 11) is 0. The van der Waals surface area contributed by atoms with Crippen LogP contribution in [0.5, 0.6) is 0 Å². The van der Waals surface area contributed by atoms with Gasteiger partial charge in [-0.25, -0.2) is 14.2 Å². The number of aromatic nitrogens is 1. The van der Waals surface area contributed by atoms with E-state index in [2.05, 4.69) is 10.3 Å². The fourth-order valence-corrected chi connectivity index (χ4v) is 3.45. The summed E-state index contributed by atoms with van der Waals surface area (Å²) in [6.45, 7) is 3.59. The summed E-state index contributed by atoms with van der Waals surface area (Å²) in [4.78, 5) is 29.2. The number of nitrogens with one attached hydrogen (secondary N) is 1. The summed E-state index contributed by atoms with van der Waals surface area (Å²) < 4.78 is 20.1. The van der Waals surface area contributed by atoms with Crippen LogP contribution in [-0.4, -0.2) is 22.9 Å². The number of para-hydroxylation sites is 1. The summed E-state index contributed by atoms with van der Waals surface area (Å²) in [6.07, 6.45) is 0. The molecule has 2 aromatic carbocycles. The minimum atomic E-state index is -0.883. The van der Waals surface area contributed by atoms with E-state index in [1.807, 2.05) is 24.3 Å². The molecular weight excluding hydrogens is 367 g/mol. The number of esters is 1. The highest BCUT2D eigenvalue weighted by atomic mass is 32.1. The second kappa shape index (κ2) is 8.26. The second-order valence-corrected chi connectivity index (χ2v) is 7.47. The van der Waals surface area contributed by atoms with E-state index < -0.39 is 23.7 Å². The Morgan fingerprint density at radius 1 is 1.15 bits per heavy atom. The molecule has 3 rings (SSSR count). The molecule has 0 saturated carbocycles. The van der Waals surface area contributed by atoms with Gasteiger partial charge in [0.05, 0.1) is 15.8 Å². The maximum Gasteiger partial charge on any atom is 0.329 e. The minimum absolute atomic E-state index is 0.0248. The van der Waals surface area contributed by atoms with Gasteiger partial charge in [0.15, 0.2) is 0 Å². The van der Waals surface area contributed by atoms with Crippen LogP contribution < -0.4 is 5.32 Å². The van der Waals surface area contributed by atoms with E-state index >= 15 is 0 Å². The summed E-state index contributed by atoms with van der Waals surface area (Å²) >= 11 is 1.45. The Bertz CT molecular complexity index is 938. The number of benzene rings is 2. The van der Waals surface area contributed by atoms with Gasteiger partial charge in [0.1, 0.15) is 23.5 Å². The molecule has 140 valence electrons. The van der Waals surface area contributed by atoms with E-state index in [1.165, 1.54) is 29.5 Å². The Kier molecular flexibility index (Phi) is 5.81. The molecule has 0 aliphatic rings. The van der Waals surface area contributed by atoms with Gasteiger partial charge in [0.2, 0.25) is 0 Å².